The van der Waals surface area contributed by atoms with Crippen LogP contribution in [0.4, 0.5) is 0 Å². The Kier molecular flexibility index (Phi) is 6.04. The highest BCUT2D eigenvalue weighted by molar-refractivity contribution is 5.80. The number of ether oxygens (including phenoxy) is 1. The molecule has 1 N–H and O–H groups in total. The first kappa shape index (κ1) is 17.9. The van der Waals surface area contributed by atoms with Gasteiger partial charge in [0.25, 0.3) is 0 Å². The number of methoxy groups -OCH3 is 1. The summed E-state index contributed by atoms with van der Waals surface area (Å²) in [6.07, 6.45) is 1.51. The minimum Gasteiger partial charge on any atom is -0.383 e. The summed E-state index contributed by atoms with van der Waals surface area (Å²) in [5, 5.41) is 3.00. The minimum absolute atomic E-state index is 0.0437. The van der Waals surface area contributed by atoms with Gasteiger partial charge in [-0.15, -0.1) is 0 Å². The third kappa shape index (κ3) is 4.80. The molecule has 0 saturated carbocycles. The Labute approximate surface area is 149 Å². The molecular formula is C19H27N3O3. The van der Waals surface area contributed by atoms with E-state index in [4.69, 9.17) is 4.74 Å². The molecule has 0 aliphatic carbocycles. The summed E-state index contributed by atoms with van der Waals surface area (Å²) in [6, 6.07) is 8.42. The third-order valence-corrected chi connectivity index (χ3v) is 5.02. The van der Waals surface area contributed by atoms with E-state index < -0.39 is 0 Å². The Morgan fingerprint density at radius 2 is 2.12 bits per heavy atom. The van der Waals surface area contributed by atoms with Gasteiger partial charge in [-0.2, -0.15) is 0 Å². The van der Waals surface area contributed by atoms with Gasteiger partial charge in [0.15, 0.2) is 0 Å². The molecule has 1 saturated heterocycles. The molecule has 0 spiro atoms. The highest BCUT2D eigenvalue weighted by atomic mass is 16.5. The third-order valence-electron chi connectivity index (χ3n) is 5.02. The van der Waals surface area contributed by atoms with Gasteiger partial charge in [0, 0.05) is 52.2 Å². The van der Waals surface area contributed by atoms with E-state index in [9.17, 15) is 9.59 Å². The van der Waals surface area contributed by atoms with Crippen molar-refractivity contribution in [3.63, 3.8) is 0 Å². The fraction of sp³-hybridized carbons (Fsp3) is 0.579. The molecule has 6 heteroatoms. The number of carbonyl (C=O) groups is 2. The number of nitrogens with one attached hydrogen (secondary N) is 1. The molecule has 0 radical (unpaired) electrons. The molecule has 3 rings (SSSR count). The molecule has 1 atom stereocenters. The minimum atomic E-state index is 0.0437. The van der Waals surface area contributed by atoms with E-state index in [2.05, 4.69) is 34.5 Å². The van der Waals surface area contributed by atoms with E-state index in [0.717, 1.165) is 19.5 Å². The van der Waals surface area contributed by atoms with Crippen LogP contribution in [0.25, 0.3) is 0 Å². The number of fused-ring (bicyclic) bond motifs is 1. The number of amides is 2. The van der Waals surface area contributed by atoms with Crippen LogP contribution in [0.2, 0.25) is 0 Å². The van der Waals surface area contributed by atoms with Gasteiger partial charge in [0.05, 0.1) is 13.2 Å². The summed E-state index contributed by atoms with van der Waals surface area (Å²) in [5.74, 6) is 0.404. The quantitative estimate of drug-likeness (QED) is 0.788. The van der Waals surface area contributed by atoms with Crippen molar-refractivity contribution in [3.05, 3.63) is 35.4 Å². The number of carbonyl (C=O) groups excluding carboxylic acids is 2. The van der Waals surface area contributed by atoms with Crippen LogP contribution in [0.5, 0.6) is 0 Å². The summed E-state index contributed by atoms with van der Waals surface area (Å²) in [6.45, 7) is 4.63. The van der Waals surface area contributed by atoms with Gasteiger partial charge >= 0.3 is 0 Å². The van der Waals surface area contributed by atoms with Crippen LogP contribution in [0.3, 0.4) is 0 Å². The van der Waals surface area contributed by atoms with Gasteiger partial charge < -0.3 is 15.0 Å². The lowest BCUT2D eigenvalue weighted by Crippen LogP contribution is -2.41. The van der Waals surface area contributed by atoms with Crippen molar-refractivity contribution >= 4 is 11.8 Å². The predicted octanol–water partition coefficient (Wildman–Crippen LogP) is 0.656. The lowest BCUT2D eigenvalue weighted by molar-refractivity contribution is -0.128. The van der Waals surface area contributed by atoms with E-state index in [1.807, 2.05) is 4.90 Å². The van der Waals surface area contributed by atoms with Crippen molar-refractivity contribution in [1.82, 2.24) is 15.1 Å². The SMILES string of the molecule is COCCN1C[C@@H](CNC(=O)CN2CCc3ccccc3C2)CC1=O. The topological polar surface area (TPSA) is 61.9 Å². The Hall–Kier alpha value is -1.92. The highest BCUT2D eigenvalue weighted by Crippen LogP contribution is 2.18. The van der Waals surface area contributed by atoms with Crippen molar-refractivity contribution in [2.45, 2.75) is 19.4 Å². The molecular weight excluding hydrogens is 318 g/mol. The van der Waals surface area contributed by atoms with Gasteiger partial charge in [-0.1, -0.05) is 24.3 Å². The van der Waals surface area contributed by atoms with Crippen LogP contribution < -0.4 is 5.32 Å². The van der Waals surface area contributed by atoms with Gasteiger partial charge in [0.2, 0.25) is 11.8 Å². The number of hydrogen-bond acceptors (Lipinski definition) is 4. The molecule has 0 bridgehead atoms. The molecule has 6 nitrogen and oxygen atoms in total. The lowest BCUT2D eigenvalue weighted by atomic mass is 10.00. The van der Waals surface area contributed by atoms with Crippen molar-refractivity contribution < 1.29 is 14.3 Å². The summed E-state index contributed by atoms with van der Waals surface area (Å²) >= 11 is 0. The first-order valence-corrected chi connectivity index (χ1v) is 8.98. The highest BCUT2D eigenvalue weighted by Gasteiger charge is 2.29. The maximum absolute atomic E-state index is 12.2. The molecule has 136 valence electrons. The van der Waals surface area contributed by atoms with Crippen molar-refractivity contribution in [1.29, 1.82) is 0 Å². The summed E-state index contributed by atoms with van der Waals surface area (Å²) in [5.41, 5.74) is 2.71. The summed E-state index contributed by atoms with van der Waals surface area (Å²) < 4.78 is 5.03. The fourth-order valence-electron chi connectivity index (χ4n) is 3.61. The zero-order valence-electron chi connectivity index (χ0n) is 14.9. The summed E-state index contributed by atoms with van der Waals surface area (Å²) in [4.78, 5) is 28.2. The largest absolute Gasteiger partial charge is 0.383 e. The molecule has 1 aromatic carbocycles. The molecule has 1 aromatic rings. The van der Waals surface area contributed by atoms with Crippen molar-refractivity contribution in [2.24, 2.45) is 5.92 Å². The molecule has 0 aromatic heterocycles. The van der Waals surface area contributed by atoms with E-state index in [1.54, 1.807) is 7.11 Å². The Morgan fingerprint density at radius 3 is 2.92 bits per heavy atom. The molecule has 0 unspecified atom stereocenters. The summed E-state index contributed by atoms with van der Waals surface area (Å²) in [7, 11) is 1.64. The standard InChI is InChI=1S/C19H27N3O3/c1-25-9-8-22-12-15(10-19(22)24)11-20-18(23)14-21-7-6-16-4-2-3-5-17(16)13-21/h2-5,15H,6-14H2,1H3,(H,20,23)/t15-/m1/s1. The molecule has 2 aliphatic heterocycles. The molecule has 1 fully saturated rings. The second-order valence-electron chi connectivity index (χ2n) is 6.94. The van der Waals surface area contributed by atoms with Crippen LogP contribution in [0.15, 0.2) is 24.3 Å². The van der Waals surface area contributed by atoms with Crippen molar-refractivity contribution in [2.75, 3.05) is 46.4 Å². The zero-order valence-corrected chi connectivity index (χ0v) is 14.9. The van der Waals surface area contributed by atoms with Crippen LogP contribution in [-0.4, -0.2) is 68.1 Å². The Bertz CT molecular complexity index is 620. The van der Waals surface area contributed by atoms with E-state index >= 15 is 0 Å². The van der Waals surface area contributed by atoms with E-state index in [0.29, 0.717) is 39.2 Å². The molecule has 2 heterocycles. The number of rotatable bonds is 7. The average Bonchev–Trinajstić information content (AvgIpc) is 2.98. The van der Waals surface area contributed by atoms with Gasteiger partial charge in [-0.3, -0.25) is 14.5 Å². The normalized spacial score (nSPS) is 20.6. The number of likely N-dealkylation sites (tertiary alicyclic amines) is 1. The number of hydrogen-bond donors (Lipinski definition) is 1. The van der Waals surface area contributed by atoms with Gasteiger partial charge in [-0.25, -0.2) is 0 Å². The smallest absolute Gasteiger partial charge is 0.234 e. The van der Waals surface area contributed by atoms with Crippen LogP contribution in [0, 0.1) is 5.92 Å². The van der Waals surface area contributed by atoms with Gasteiger partial charge in [0.1, 0.15) is 0 Å². The second kappa shape index (κ2) is 8.45. The number of nitrogens with zero attached hydrogens (tertiary/aromatic N) is 2. The fourth-order valence-corrected chi connectivity index (χ4v) is 3.61. The molecule has 25 heavy (non-hydrogen) atoms. The Morgan fingerprint density at radius 1 is 1.32 bits per heavy atom. The first-order chi connectivity index (χ1) is 12.2. The molecule has 2 aliphatic rings. The van der Waals surface area contributed by atoms with Crippen molar-refractivity contribution in [3.8, 4) is 0 Å². The maximum atomic E-state index is 12.2. The maximum Gasteiger partial charge on any atom is 0.234 e. The van der Waals surface area contributed by atoms with Crippen LogP contribution in [-0.2, 0) is 27.3 Å². The van der Waals surface area contributed by atoms with Crippen LogP contribution >= 0.6 is 0 Å². The lowest BCUT2D eigenvalue weighted by Gasteiger charge is -2.28. The first-order valence-electron chi connectivity index (χ1n) is 8.98. The average molecular weight is 345 g/mol. The second-order valence-corrected chi connectivity index (χ2v) is 6.94. The van der Waals surface area contributed by atoms with Gasteiger partial charge in [-0.05, 0) is 17.5 Å². The predicted molar refractivity (Wildman–Crippen MR) is 95.0 cm³/mol. The Balaban J connectivity index is 1.40. The van der Waals surface area contributed by atoms with E-state index in [1.165, 1.54) is 11.1 Å². The molecule has 2 amide bonds. The van der Waals surface area contributed by atoms with E-state index in [-0.39, 0.29) is 17.7 Å². The zero-order chi connectivity index (χ0) is 17.6. The monoisotopic (exact) mass is 345 g/mol. The van der Waals surface area contributed by atoms with Crippen LogP contribution in [0.1, 0.15) is 17.5 Å². The number of benzene rings is 1.